The highest BCUT2D eigenvalue weighted by atomic mass is 79.9. The van der Waals surface area contributed by atoms with E-state index in [9.17, 15) is 4.79 Å². The normalized spacial score (nSPS) is 13.3. The van der Waals surface area contributed by atoms with Crippen molar-refractivity contribution in [2.75, 3.05) is 59.5 Å². The summed E-state index contributed by atoms with van der Waals surface area (Å²) in [7, 11) is 6.53. The second kappa shape index (κ2) is 13.0. The number of ether oxygens (including phenoxy) is 4. The Hall–Kier alpha value is -3.30. The molecule has 0 saturated heterocycles. The maximum absolute atomic E-state index is 13.6. The zero-order chi connectivity index (χ0) is 27.1. The van der Waals surface area contributed by atoms with Crippen LogP contribution in [0.3, 0.4) is 0 Å². The van der Waals surface area contributed by atoms with Crippen molar-refractivity contribution in [1.82, 2.24) is 9.88 Å². The molecule has 0 fully saturated rings. The van der Waals surface area contributed by atoms with Crippen molar-refractivity contribution >= 4 is 27.5 Å². The van der Waals surface area contributed by atoms with Crippen LogP contribution in [0.25, 0.3) is 0 Å². The van der Waals surface area contributed by atoms with Crippen LogP contribution in [0.15, 0.2) is 53.3 Å². The third kappa shape index (κ3) is 6.39. The van der Waals surface area contributed by atoms with Crippen molar-refractivity contribution in [2.24, 2.45) is 0 Å². The fourth-order valence-electron chi connectivity index (χ4n) is 4.80. The van der Waals surface area contributed by atoms with Crippen molar-refractivity contribution in [3.8, 4) is 23.0 Å². The van der Waals surface area contributed by atoms with E-state index in [1.54, 1.807) is 51.8 Å². The molecule has 1 aliphatic rings. The van der Waals surface area contributed by atoms with Crippen molar-refractivity contribution < 1.29 is 23.7 Å². The molecular formula is C29H34BrN3O5. The van der Waals surface area contributed by atoms with E-state index in [-0.39, 0.29) is 5.91 Å². The largest absolute Gasteiger partial charge is 0.493 e. The smallest absolute Gasteiger partial charge is 0.259 e. The summed E-state index contributed by atoms with van der Waals surface area (Å²) < 4.78 is 22.7. The first-order chi connectivity index (χ1) is 18.5. The summed E-state index contributed by atoms with van der Waals surface area (Å²) in [4.78, 5) is 22.0. The first-order valence-electron chi connectivity index (χ1n) is 12.6. The van der Waals surface area contributed by atoms with Gasteiger partial charge in [-0.1, -0.05) is 0 Å². The van der Waals surface area contributed by atoms with Gasteiger partial charge >= 0.3 is 0 Å². The Kier molecular flexibility index (Phi) is 9.47. The molecule has 2 heterocycles. The molecule has 3 aromatic rings. The lowest BCUT2D eigenvalue weighted by atomic mass is 10.0. The van der Waals surface area contributed by atoms with E-state index in [0.29, 0.717) is 23.6 Å². The second-order valence-corrected chi connectivity index (χ2v) is 9.97. The van der Waals surface area contributed by atoms with Crippen LogP contribution < -0.4 is 23.8 Å². The van der Waals surface area contributed by atoms with E-state index in [4.69, 9.17) is 18.9 Å². The first-order valence-corrected chi connectivity index (χ1v) is 13.4. The number of fused-ring (bicyclic) bond motifs is 1. The Balaban J connectivity index is 1.48. The van der Waals surface area contributed by atoms with Gasteiger partial charge in [0, 0.05) is 48.3 Å². The number of benzene rings is 2. The number of pyridine rings is 1. The highest BCUT2D eigenvalue weighted by Gasteiger charge is 2.22. The summed E-state index contributed by atoms with van der Waals surface area (Å²) in [6.07, 6.45) is 5.95. The van der Waals surface area contributed by atoms with E-state index < -0.39 is 0 Å². The van der Waals surface area contributed by atoms with Gasteiger partial charge in [-0.25, -0.2) is 0 Å². The number of hydrogen-bond donors (Lipinski definition) is 0. The van der Waals surface area contributed by atoms with E-state index >= 15 is 0 Å². The molecule has 0 unspecified atom stereocenters. The Morgan fingerprint density at radius 2 is 1.47 bits per heavy atom. The fraction of sp³-hybridized carbons (Fsp3) is 0.379. The Morgan fingerprint density at radius 3 is 2.05 bits per heavy atom. The van der Waals surface area contributed by atoms with Crippen molar-refractivity contribution in [3.63, 3.8) is 0 Å². The van der Waals surface area contributed by atoms with Crippen molar-refractivity contribution in [1.29, 1.82) is 0 Å². The zero-order valence-corrected chi connectivity index (χ0v) is 23.9. The lowest BCUT2D eigenvalue weighted by Crippen LogP contribution is -2.35. The number of aromatic nitrogens is 1. The van der Waals surface area contributed by atoms with E-state index in [1.165, 1.54) is 11.1 Å². The summed E-state index contributed by atoms with van der Waals surface area (Å²) in [6.45, 7) is 3.31. The van der Waals surface area contributed by atoms with E-state index in [2.05, 4.69) is 37.9 Å². The number of anilines is 1. The minimum absolute atomic E-state index is 0.117. The Bertz CT molecular complexity index is 1230. The summed E-state index contributed by atoms with van der Waals surface area (Å²) in [6, 6.07) is 11.5. The molecule has 8 nitrogen and oxygen atoms in total. The molecule has 1 aromatic heterocycles. The number of amides is 1. The van der Waals surface area contributed by atoms with Crippen LogP contribution >= 0.6 is 15.9 Å². The van der Waals surface area contributed by atoms with Crippen molar-refractivity contribution in [2.45, 2.75) is 19.3 Å². The molecule has 0 N–H and O–H groups in total. The molecule has 9 heteroatoms. The van der Waals surface area contributed by atoms with Gasteiger partial charge in [0.05, 0.1) is 34.0 Å². The monoisotopic (exact) mass is 583 g/mol. The molecule has 0 aliphatic carbocycles. The van der Waals surface area contributed by atoms with Gasteiger partial charge in [-0.05, 0) is 83.2 Å². The molecule has 1 amide bonds. The minimum atomic E-state index is -0.117. The first kappa shape index (κ1) is 27.7. The number of methoxy groups -OCH3 is 4. The van der Waals surface area contributed by atoms with Crippen LogP contribution in [0.4, 0.5) is 5.69 Å². The van der Waals surface area contributed by atoms with Gasteiger partial charge in [0.15, 0.2) is 23.0 Å². The Labute approximate surface area is 232 Å². The van der Waals surface area contributed by atoms with Gasteiger partial charge in [0.25, 0.3) is 5.91 Å². The van der Waals surface area contributed by atoms with Crippen LogP contribution in [0, 0.1) is 0 Å². The minimum Gasteiger partial charge on any atom is -0.493 e. The number of carbonyl (C=O) groups is 1. The average Bonchev–Trinajstić information content (AvgIpc) is 3.15. The molecule has 0 atom stereocenters. The third-order valence-corrected chi connectivity index (χ3v) is 7.27. The number of halogens is 1. The SMILES string of the molecule is COc1ccc(N(CCCN2CCc3cc(OC)c(OC)cc3CC2)C(=O)c2cncc(Br)c2)cc1OC. The van der Waals surface area contributed by atoms with Gasteiger partial charge in [0.1, 0.15) is 0 Å². The van der Waals surface area contributed by atoms with Gasteiger partial charge in [-0.3, -0.25) is 9.78 Å². The Morgan fingerprint density at radius 1 is 0.868 bits per heavy atom. The van der Waals surface area contributed by atoms with Crippen molar-refractivity contribution in [3.05, 3.63) is 70.0 Å². The molecular weight excluding hydrogens is 550 g/mol. The van der Waals surface area contributed by atoms with Crippen LogP contribution in [-0.4, -0.2) is 70.4 Å². The summed E-state index contributed by atoms with van der Waals surface area (Å²) >= 11 is 3.43. The van der Waals surface area contributed by atoms with Crippen LogP contribution in [0.1, 0.15) is 27.9 Å². The predicted octanol–water partition coefficient (Wildman–Crippen LogP) is 5.02. The molecule has 0 saturated carbocycles. The molecule has 202 valence electrons. The summed E-state index contributed by atoms with van der Waals surface area (Å²) in [5.41, 5.74) is 3.86. The average molecular weight is 585 g/mol. The van der Waals surface area contributed by atoms with Gasteiger partial charge in [-0.2, -0.15) is 0 Å². The quantitative estimate of drug-likeness (QED) is 0.332. The fourth-order valence-corrected chi connectivity index (χ4v) is 5.16. The number of rotatable bonds is 10. The van der Waals surface area contributed by atoms with Crippen LogP contribution in [0.2, 0.25) is 0 Å². The molecule has 4 rings (SSSR count). The highest BCUT2D eigenvalue weighted by molar-refractivity contribution is 9.10. The third-order valence-electron chi connectivity index (χ3n) is 6.83. The molecule has 0 spiro atoms. The lowest BCUT2D eigenvalue weighted by Gasteiger charge is -2.26. The second-order valence-electron chi connectivity index (χ2n) is 9.06. The number of carbonyl (C=O) groups excluding carboxylic acids is 1. The zero-order valence-electron chi connectivity index (χ0n) is 22.3. The standard InChI is InChI=1S/C29H34BrN3O5/c1-35-25-7-6-24(17-28(25)38-4)33(29(34)22-14-23(30)19-31-18-22)11-5-10-32-12-8-20-15-26(36-2)27(37-3)16-21(20)9-13-32/h6-7,14-19H,5,8-13H2,1-4H3. The van der Waals surface area contributed by atoms with Crippen LogP contribution in [-0.2, 0) is 12.8 Å². The van der Waals surface area contributed by atoms with Gasteiger partial charge in [0.2, 0.25) is 0 Å². The van der Waals surface area contributed by atoms with Gasteiger partial charge < -0.3 is 28.7 Å². The van der Waals surface area contributed by atoms with E-state index in [0.717, 1.165) is 60.6 Å². The topological polar surface area (TPSA) is 73.4 Å². The number of hydrogen-bond acceptors (Lipinski definition) is 7. The molecule has 0 radical (unpaired) electrons. The predicted molar refractivity (Wildman–Crippen MR) is 151 cm³/mol. The molecule has 2 aromatic carbocycles. The molecule has 0 bridgehead atoms. The molecule has 38 heavy (non-hydrogen) atoms. The molecule has 1 aliphatic heterocycles. The highest BCUT2D eigenvalue weighted by Crippen LogP contribution is 2.33. The van der Waals surface area contributed by atoms with E-state index in [1.807, 2.05) is 18.2 Å². The van der Waals surface area contributed by atoms with Gasteiger partial charge in [-0.15, -0.1) is 0 Å². The lowest BCUT2D eigenvalue weighted by molar-refractivity contribution is 0.0985. The number of nitrogens with zero attached hydrogens (tertiary/aromatic N) is 3. The summed E-state index contributed by atoms with van der Waals surface area (Å²) in [5, 5.41) is 0. The summed E-state index contributed by atoms with van der Waals surface area (Å²) in [5.74, 6) is 2.61. The maximum Gasteiger partial charge on any atom is 0.259 e. The maximum atomic E-state index is 13.6. The van der Waals surface area contributed by atoms with Crippen LogP contribution in [0.5, 0.6) is 23.0 Å².